The fourth-order valence-electron chi connectivity index (χ4n) is 3.21. The summed E-state index contributed by atoms with van der Waals surface area (Å²) in [5.41, 5.74) is 3.72. The highest BCUT2D eigenvalue weighted by atomic mass is 16.5. The van der Waals surface area contributed by atoms with E-state index in [4.69, 9.17) is 5.21 Å². The molecule has 1 aromatic carbocycles. The summed E-state index contributed by atoms with van der Waals surface area (Å²) in [4.78, 5) is 20.2. The van der Waals surface area contributed by atoms with Crippen LogP contribution in [-0.4, -0.2) is 47.2 Å². The molecule has 0 bridgehead atoms. The minimum absolute atomic E-state index is 0.438. The van der Waals surface area contributed by atoms with Crippen LogP contribution in [-0.2, 0) is 11.3 Å². The van der Waals surface area contributed by atoms with Crippen molar-refractivity contribution in [2.45, 2.75) is 19.0 Å². The van der Waals surface area contributed by atoms with Crippen molar-refractivity contribution in [1.29, 1.82) is 0 Å². The molecule has 1 aromatic heterocycles. The molecule has 1 unspecified atom stereocenters. The number of nitrogens with zero attached hydrogens (tertiary/aromatic N) is 3. The number of benzene rings is 1. The predicted molar refractivity (Wildman–Crippen MR) is 102 cm³/mol. The lowest BCUT2D eigenvalue weighted by Crippen LogP contribution is -2.34. The maximum absolute atomic E-state index is 11.0. The van der Waals surface area contributed by atoms with Crippen molar-refractivity contribution in [1.82, 2.24) is 15.4 Å². The highest BCUT2D eigenvalue weighted by Crippen LogP contribution is 2.21. The zero-order valence-corrected chi connectivity index (χ0v) is 14.9. The number of anilines is 1. The molecular formula is C20H24N4O2. The van der Waals surface area contributed by atoms with Crippen LogP contribution in [0.2, 0.25) is 0 Å². The second-order valence-corrected chi connectivity index (χ2v) is 6.53. The molecule has 2 aromatic rings. The van der Waals surface area contributed by atoms with Gasteiger partial charge >= 0.3 is 0 Å². The van der Waals surface area contributed by atoms with Gasteiger partial charge in [0, 0.05) is 45.0 Å². The standard InChI is InChI=1S/C20H24N4O2/c1-23(19-9-7-16(13-21-19)8-10-20(25)22-26)18-11-12-24(15-18)14-17-5-3-2-4-6-17/h2-10,13,18,26H,11-12,14-15H2,1H3,(H,22,25)/b10-8+. The number of nitrogens with one attached hydrogen (secondary N) is 1. The Hall–Kier alpha value is -2.70. The van der Waals surface area contributed by atoms with E-state index in [2.05, 4.69) is 46.1 Å². The summed E-state index contributed by atoms with van der Waals surface area (Å²) >= 11 is 0. The van der Waals surface area contributed by atoms with Crippen LogP contribution in [0.4, 0.5) is 5.82 Å². The Morgan fingerprint density at radius 2 is 2.15 bits per heavy atom. The summed E-state index contributed by atoms with van der Waals surface area (Å²) in [6.07, 6.45) is 5.71. The third-order valence-electron chi connectivity index (χ3n) is 4.71. The summed E-state index contributed by atoms with van der Waals surface area (Å²) < 4.78 is 0. The van der Waals surface area contributed by atoms with Crippen molar-refractivity contribution in [3.63, 3.8) is 0 Å². The van der Waals surface area contributed by atoms with E-state index in [0.717, 1.165) is 37.4 Å². The molecule has 1 atom stereocenters. The average Bonchev–Trinajstić information content (AvgIpc) is 3.15. The molecule has 0 radical (unpaired) electrons. The summed E-state index contributed by atoms with van der Waals surface area (Å²) in [6, 6.07) is 14.9. The second kappa shape index (κ2) is 8.60. The third kappa shape index (κ3) is 4.68. The number of rotatable bonds is 6. The Balaban J connectivity index is 1.57. The third-order valence-corrected chi connectivity index (χ3v) is 4.71. The van der Waals surface area contributed by atoms with Crippen molar-refractivity contribution in [3.8, 4) is 0 Å². The van der Waals surface area contributed by atoms with Crippen molar-refractivity contribution in [2.24, 2.45) is 0 Å². The highest BCUT2D eigenvalue weighted by molar-refractivity contribution is 5.90. The largest absolute Gasteiger partial charge is 0.355 e. The fraction of sp³-hybridized carbons (Fsp3) is 0.300. The number of likely N-dealkylation sites (N-methyl/N-ethyl adjacent to an activating group) is 1. The quantitative estimate of drug-likeness (QED) is 0.474. The normalized spacial score (nSPS) is 17.5. The molecule has 1 amide bonds. The van der Waals surface area contributed by atoms with Gasteiger partial charge < -0.3 is 4.90 Å². The molecule has 1 fully saturated rings. The SMILES string of the molecule is CN(c1ccc(/C=C/C(=O)NO)cn1)C1CCN(Cc2ccccc2)C1. The maximum Gasteiger partial charge on any atom is 0.267 e. The van der Waals surface area contributed by atoms with Gasteiger partial charge in [-0.3, -0.25) is 14.9 Å². The van der Waals surface area contributed by atoms with Crippen LogP contribution < -0.4 is 10.4 Å². The Bertz CT molecular complexity index is 746. The number of likely N-dealkylation sites (tertiary alicyclic amines) is 1. The summed E-state index contributed by atoms with van der Waals surface area (Å²) in [7, 11) is 2.08. The summed E-state index contributed by atoms with van der Waals surface area (Å²) in [5.74, 6) is 0.357. The van der Waals surface area contributed by atoms with Crippen molar-refractivity contribution >= 4 is 17.8 Å². The molecule has 0 aliphatic carbocycles. The smallest absolute Gasteiger partial charge is 0.267 e. The number of pyridine rings is 1. The van der Waals surface area contributed by atoms with Gasteiger partial charge in [-0.1, -0.05) is 30.3 Å². The van der Waals surface area contributed by atoms with Gasteiger partial charge in [0.25, 0.3) is 5.91 Å². The predicted octanol–water partition coefficient (Wildman–Crippen LogP) is 2.31. The molecule has 6 nitrogen and oxygen atoms in total. The Morgan fingerprint density at radius 1 is 1.35 bits per heavy atom. The number of hydroxylamine groups is 1. The van der Waals surface area contributed by atoms with E-state index < -0.39 is 5.91 Å². The first kappa shape index (κ1) is 18.1. The van der Waals surface area contributed by atoms with Gasteiger partial charge in [0.15, 0.2) is 0 Å². The topological polar surface area (TPSA) is 68.7 Å². The van der Waals surface area contributed by atoms with Gasteiger partial charge in [0.2, 0.25) is 0 Å². The van der Waals surface area contributed by atoms with Crippen LogP contribution in [0.25, 0.3) is 6.08 Å². The Kier molecular flexibility index (Phi) is 5.99. The number of hydrogen-bond acceptors (Lipinski definition) is 5. The van der Waals surface area contributed by atoms with E-state index in [1.807, 2.05) is 18.2 Å². The Labute approximate surface area is 153 Å². The van der Waals surface area contributed by atoms with Gasteiger partial charge in [0.1, 0.15) is 5.82 Å². The van der Waals surface area contributed by atoms with Gasteiger partial charge in [-0.15, -0.1) is 0 Å². The molecule has 1 aliphatic rings. The van der Waals surface area contributed by atoms with E-state index in [-0.39, 0.29) is 0 Å². The van der Waals surface area contributed by atoms with Crippen LogP contribution in [0.5, 0.6) is 0 Å². The van der Waals surface area contributed by atoms with Gasteiger partial charge in [-0.2, -0.15) is 0 Å². The molecule has 0 spiro atoms. The first-order valence-corrected chi connectivity index (χ1v) is 8.73. The van der Waals surface area contributed by atoms with Crippen LogP contribution in [0.15, 0.2) is 54.7 Å². The number of aromatic nitrogens is 1. The minimum atomic E-state index is -0.560. The van der Waals surface area contributed by atoms with Crippen LogP contribution in [0, 0.1) is 0 Å². The summed E-state index contributed by atoms with van der Waals surface area (Å²) in [5, 5.41) is 8.49. The van der Waals surface area contributed by atoms with Crippen LogP contribution >= 0.6 is 0 Å². The van der Waals surface area contributed by atoms with E-state index in [0.29, 0.717) is 6.04 Å². The number of hydrogen-bond donors (Lipinski definition) is 2. The molecule has 6 heteroatoms. The lowest BCUT2D eigenvalue weighted by Gasteiger charge is -2.26. The van der Waals surface area contributed by atoms with E-state index >= 15 is 0 Å². The average molecular weight is 352 g/mol. The van der Waals surface area contributed by atoms with Crippen molar-refractivity contribution in [3.05, 3.63) is 65.9 Å². The molecule has 1 aliphatic heterocycles. The molecule has 3 rings (SSSR count). The van der Waals surface area contributed by atoms with E-state index in [1.165, 1.54) is 11.6 Å². The second-order valence-electron chi connectivity index (χ2n) is 6.53. The fourth-order valence-corrected chi connectivity index (χ4v) is 3.21. The number of amides is 1. The van der Waals surface area contributed by atoms with Crippen LogP contribution in [0.3, 0.4) is 0 Å². The summed E-state index contributed by atoms with van der Waals surface area (Å²) in [6.45, 7) is 3.08. The lowest BCUT2D eigenvalue weighted by molar-refractivity contribution is -0.124. The molecular weight excluding hydrogens is 328 g/mol. The van der Waals surface area contributed by atoms with Gasteiger partial charge in [-0.25, -0.2) is 10.5 Å². The molecule has 2 heterocycles. The van der Waals surface area contributed by atoms with Gasteiger partial charge in [0.05, 0.1) is 0 Å². The van der Waals surface area contributed by atoms with E-state index in [9.17, 15) is 4.79 Å². The zero-order chi connectivity index (χ0) is 18.4. The van der Waals surface area contributed by atoms with Crippen molar-refractivity contribution < 1.29 is 10.0 Å². The van der Waals surface area contributed by atoms with Crippen molar-refractivity contribution in [2.75, 3.05) is 25.0 Å². The molecule has 26 heavy (non-hydrogen) atoms. The molecule has 136 valence electrons. The monoisotopic (exact) mass is 352 g/mol. The zero-order valence-electron chi connectivity index (χ0n) is 14.9. The Morgan fingerprint density at radius 3 is 2.85 bits per heavy atom. The van der Waals surface area contributed by atoms with Gasteiger partial charge in [-0.05, 0) is 35.8 Å². The first-order valence-electron chi connectivity index (χ1n) is 8.73. The highest BCUT2D eigenvalue weighted by Gasteiger charge is 2.26. The minimum Gasteiger partial charge on any atom is -0.355 e. The number of carbonyl (C=O) groups excluding carboxylic acids is 1. The molecule has 1 saturated heterocycles. The first-order chi connectivity index (χ1) is 12.7. The lowest BCUT2D eigenvalue weighted by atomic mass is 10.2. The maximum atomic E-state index is 11.0. The molecule has 0 saturated carbocycles. The van der Waals surface area contributed by atoms with Crippen LogP contribution in [0.1, 0.15) is 17.5 Å². The molecule has 2 N–H and O–H groups in total. The number of carbonyl (C=O) groups is 1. The van der Waals surface area contributed by atoms with E-state index in [1.54, 1.807) is 17.8 Å².